The standard InChI is InChI=1S/C23H22O8/c1-16(19(24)31-18-12-8-5-9-13-18)14-23(20(25)28-2,21(26)29-3)22(27)30-15-17-10-6-4-7-11-17/h4-13H,1,14-15H2,2-3H3. The van der Waals surface area contributed by atoms with Gasteiger partial charge in [0.2, 0.25) is 0 Å². The van der Waals surface area contributed by atoms with Gasteiger partial charge in [0, 0.05) is 12.0 Å². The molecule has 0 aromatic heterocycles. The van der Waals surface area contributed by atoms with Crippen LogP contribution in [-0.4, -0.2) is 38.1 Å². The lowest BCUT2D eigenvalue weighted by Crippen LogP contribution is -2.49. The predicted octanol–water partition coefficient (Wildman–Crippen LogP) is 2.61. The second-order valence-electron chi connectivity index (χ2n) is 6.43. The van der Waals surface area contributed by atoms with E-state index in [1.165, 1.54) is 12.1 Å². The largest absolute Gasteiger partial charge is 0.468 e. The van der Waals surface area contributed by atoms with Crippen LogP contribution < -0.4 is 4.74 Å². The highest BCUT2D eigenvalue weighted by atomic mass is 16.6. The average molecular weight is 426 g/mol. The first-order chi connectivity index (χ1) is 14.8. The van der Waals surface area contributed by atoms with Crippen LogP contribution in [0.15, 0.2) is 72.8 Å². The van der Waals surface area contributed by atoms with Crippen molar-refractivity contribution in [1.29, 1.82) is 0 Å². The molecule has 0 saturated carbocycles. The molecule has 0 fully saturated rings. The van der Waals surface area contributed by atoms with Crippen LogP contribution >= 0.6 is 0 Å². The van der Waals surface area contributed by atoms with Gasteiger partial charge in [-0.1, -0.05) is 55.1 Å². The fourth-order valence-electron chi connectivity index (χ4n) is 2.72. The van der Waals surface area contributed by atoms with E-state index in [1.54, 1.807) is 48.5 Å². The van der Waals surface area contributed by atoms with Crippen molar-refractivity contribution >= 4 is 23.9 Å². The summed E-state index contributed by atoms with van der Waals surface area (Å²) < 4.78 is 19.7. The molecule has 2 aromatic rings. The van der Waals surface area contributed by atoms with Crippen molar-refractivity contribution in [2.24, 2.45) is 5.41 Å². The van der Waals surface area contributed by atoms with Gasteiger partial charge >= 0.3 is 23.9 Å². The molecular weight excluding hydrogens is 404 g/mol. The van der Waals surface area contributed by atoms with E-state index in [4.69, 9.17) is 9.47 Å². The number of hydrogen-bond donors (Lipinski definition) is 0. The average Bonchev–Trinajstić information content (AvgIpc) is 2.81. The molecule has 0 radical (unpaired) electrons. The van der Waals surface area contributed by atoms with E-state index in [0.29, 0.717) is 5.56 Å². The summed E-state index contributed by atoms with van der Waals surface area (Å²) in [6.07, 6.45) is -0.744. The van der Waals surface area contributed by atoms with Crippen LogP contribution in [0, 0.1) is 5.41 Å². The van der Waals surface area contributed by atoms with Gasteiger partial charge in [0.15, 0.2) is 0 Å². The second kappa shape index (κ2) is 10.7. The van der Waals surface area contributed by atoms with Gasteiger partial charge in [0.05, 0.1) is 14.2 Å². The molecule has 0 aliphatic heterocycles. The van der Waals surface area contributed by atoms with Gasteiger partial charge in [-0.15, -0.1) is 0 Å². The first kappa shape index (κ1) is 23.3. The minimum atomic E-state index is -2.58. The maximum Gasteiger partial charge on any atom is 0.338 e. The number of hydrogen-bond acceptors (Lipinski definition) is 8. The summed E-state index contributed by atoms with van der Waals surface area (Å²) in [5.74, 6) is -4.43. The Labute approximate surface area is 179 Å². The number of carbonyl (C=O) groups is 4. The molecule has 0 aliphatic carbocycles. The summed E-state index contributed by atoms with van der Waals surface area (Å²) in [4.78, 5) is 50.5. The van der Waals surface area contributed by atoms with Crippen LogP contribution in [0.3, 0.4) is 0 Å². The Kier molecular flexibility index (Phi) is 8.08. The Balaban J connectivity index is 2.28. The molecule has 0 aliphatic rings. The van der Waals surface area contributed by atoms with Crippen molar-refractivity contribution in [2.75, 3.05) is 14.2 Å². The molecule has 0 amide bonds. The first-order valence-electron chi connectivity index (χ1n) is 9.18. The van der Waals surface area contributed by atoms with E-state index in [2.05, 4.69) is 16.1 Å². The lowest BCUT2D eigenvalue weighted by Gasteiger charge is -2.26. The third-order valence-corrected chi connectivity index (χ3v) is 4.35. The molecule has 162 valence electrons. The molecule has 0 spiro atoms. The van der Waals surface area contributed by atoms with Crippen molar-refractivity contribution in [3.8, 4) is 5.75 Å². The second-order valence-corrected chi connectivity index (χ2v) is 6.43. The van der Waals surface area contributed by atoms with Crippen molar-refractivity contribution in [2.45, 2.75) is 13.0 Å². The normalized spacial score (nSPS) is 10.5. The summed E-state index contributed by atoms with van der Waals surface area (Å²) in [5.41, 5.74) is -2.27. The zero-order chi connectivity index (χ0) is 22.9. The minimum Gasteiger partial charge on any atom is -0.468 e. The predicted molar refractivity (Wildman–Crippen MR) is 109 cm³/mol. The number of rotatable bonds is 9. The third-order valence-electron chi connectivity index (χ3n) is 4.35. The highest BCUT2D eigenvalue weighted by Gasteiger charge is 2.58. The van der Waals surface area contributed by atoms with E-state index < -0.39 is 35.7 Å². The summed E-state index contributed by atoms with van der Waals surface area (Å²) in [6.45, 7) is 3.36. The smallest absolute Gasteiger partial charge is 0.338 e. The molecule has 0 heterocycles. The van der Waals surface area contributed by atoms with Gasteiger partial charge in [-0.2, -0.15) is 0 Å². The monoisotopic (exact) mass is 426 g/mol. The Morgan fingerprint density at radius 2 is 1.32 bits per heavy atom. The Morgan fingerprint density at radius 3 is 1.84 bits per heavy atom. The molecular formula is C23H22O8. The van der Waals surface area contributed by atoms with Gasteiger partial charge in [0.1, 0.15) is 12.4 Å². The molecule has 0 N–H and O–H groups in total. The molecule has 0 bridgehead atoms. The number of esters is 4. The van der Waals surface area contributed by atoms with Crippen molar-refractivity contribution in [3.63, 3.8) is 0 Å². The molecule has 8 heteroatoms. The van der Waals surface area contributed by atoms with Crippen LogP contribution in [0.5, 0.6) is 5.75 Å². The Bertz CT molecular complexity index is 934. The van der Waals surface area contributed by atoms with Gasteiger partial charge < -0.3 is 18.9 Å². The van der Waals surface area contributed by atoms with Crippen molar-refractivity contribution in [1.82, 2.24) is 0 Å². The fraction of sp³-hybridized carbons (Fsp3) is 0.217. The summed E-state index contributed by atoms with van der Waals surface area (Å²) >= 11 is 0. The van der Waals surface area contributed by atoms with Crippen LogP contribution in [0.1, 0.15) is 12.0 Å². The number of benzene rings is 2. The number of methoxy groups -OCH3 is 2. The molecule has 0 unspecified atom stereocenters. The van der Waals surface area contributed by atoms with Crippen molar-refractivity contribution in [3.05, 3.63) is 78.4 Å². The third kappa shape index (κ3) is 5.57. The molecule has 0 saturated heterocycles. The highest BCUT2D eigenvalue weighted by Crippen LogP contribution is 2.32. The van der Waals surface area contributed by atoms with Gasteiger partial charge in [-0.25, -0.2) is 4.79 Å². The topological polar surface area (TPSA) is 105 Å². The van der Waals surface area contributed by atoms with E-state index in [0.717, 1.165) is 14.2 Å². The van der Waals surface area contributed by atoms with Gasteiger partial charge in [0.25, 0.3) is 5.41 Å². The summed E-state index contributed by atoms with van der Waals surface area (Å²) in [5, 5.41) is 0. The van der Waals surface area contributed by atoms with E-state index >= 15 is 0 Å². The SMILES string of the molecule is C=C(CC(C(=O)OC)(C(=O)OC)C(=O)OCc1ccccc1)C(=O)Oc1ccccc1. The molecule has 2 rings (SSSR count). The molecule has 0 atom stereocenters. The van der Waals surface area contributed by atoms with E-state index in [1.807, 2.05) is 0 Å². The summed E-state index contributed by atoms with van der Waals surface area (Å²) in [7, 11) is 1.99. The molecule has 31 heavy (non-hydrogen) atoms. The zero-order valence-corrected chi connectivity index (χ0v) is 17.2. The number of ether oxygens (including phenoxy) is 4. The summed E-state index contributed by atoms with van der Waals surface area (Å²) in [6, 6.07) is 16.7. The van der Waals surface area contributed by atoms with Crippen molar-refractivity contribution < 1.29 is 38.1 Å². The van der Waals surface area contributed by atoms with E-state index in [9.17, 15) is 19.2 Å². The highest BCUT2D eigenvalue weighted by molar-refractivity contribution is 6.18. The van der Waals surface area contributed by atoms with Crippen LogP contribution in [-0.2, 0) is 40.0 Å². The first-order valence-corrected chi connectivity index (χ1v) is 9.18. The van der Waals surface area contributed by atoms with Gasteiger partial charge in [-0.05, 0) is 17.7 Å². The van der Waals surface area contributed by atoms with Gasteiger partial charge in [-0.3, -0.25) is 14.4 Å². The maximum absolute atomic E-state index is 12.9. The fourth-order valence-corrected chi connectivity index (χ4v) is 2.72. The number of carbonyl (C=O) groups excluding carboxylic acids is 4. The van der Waals surface area contributed by atoms with E-state index in [-0.39, 0.29) is 17.9 Å². The minimum absolute atomic E-state index is 0.212. The van der Waals surface area contributed by atoms with Crippen LogP contribution in [0.2, 0.25) is 0 Å². The van der Waals surface area contributed by atoms with Crippen LogP contribution in [0.4, 0.5) is 0 Å². The zero-order valence-electron chi connectivity index (χ0n) is 17.2. The lowest BCUT2D eigenvalue weighted by molar-refractivity contribution is -0.182. The Morgan fingerprint density at radius 1 is 0.806 bits per heavy atom. The number of para-hydroxylation sites is 1. The maximum atomic E-state index is 12.9. The Hall–Kier alpha value is -3.94. The molecule has 2 aromatic carbocycles. The lowest BCUT2D eigenvalue weighted by atomic mass is 9.81. The quantitative estimate of drug-likeness (QED) is 0.198. The van der Waals surface area contributed by atoms with Crippen LogP contribution in [0.25, 0.3) is 0 Å². The molecule has 8 nitrogen and oxygen atoms in total.